The van der Waals surface area contributed by atoms with E-state index in [0.717, 1.165) is 17.1 Å². The number of para-hydroxylation sites is 1. The van der Waals surface area contributed by atoms with Gasteiger partial charge in [-0.05, 0) is 29.8 Å². The van der Waals surface area contributed by atoms with Crippen LogP contribution in [0.5, 0.6) is 11.5 Å². The maximum Gasteiger partial charge on any atom is 0.226 e. The third-order valence-electron chi connectivity index (χ3n) is 3.35. The van der Waals surface area contributed by atoms with E-state index in [1.54, 1.807) is 19.1 Å². The quantitative estimate of drug-likeness (QED) is 0.789. The zero-order valence-electron chi connectivity index (χ0n) is 13.0. The molecule has 0 atom stereocenters. The molecule has 0 bridgehead atoms. The molecule has 4 nitrogen and oxygen atoms in total. The van der Waals surface area contributed by atoms with E-state index in [2.05, 4.69) is 0 Å². The lowest BCUT2D eigenvalue weighted by Crippen LogP contribution is -2.32. The van der Waals surface area contributed by atoms with Gasteiger partial charge in [0.25, 0.3) is 0 Å². The molecule has 4 heteroatoms. The zero-order chi connectivity index (χ0) is 15.8. The van der Waals surface area contributed by atoms with Crippen molar-refractivity contribution in [3.8, 4) is 11.5 Å². The molecular formula is C18H21NO3. The van der Waals surface area contributed by atoms with Crippen LogP contribution in [0.25, 0.3) is 0 Å². The molecule has 22 heavy (non-hydrogen) atoms. The van der Waals surface area contributed by atoms with Gasteiger partial charge in [-0.1, -0.05) is 30.3 Å². The van der Waals surface area contributed by atoms with Crippen molar-refractivity contribution in [2.45, 2.75) is 6.42 Å². The summed E-state index contributed by atoms with van der Waals surface area (Å²) in [6.07, 6.45) is 0.360. The summed E-state index contributed by atoms with van der Waals surface area (Å²) in [4.78, 5) is 13.9. The van der Waals surface area contributed by atoms with Gasteiger partial charge in [-0.3, -0.25) is 4.79 Å². The van der Waals surface area contributed by atoms with Gasteiger partial charge in [0.1, 0.15) is 18.1 Å². The van der Waals surface area contributed by atoms with Crippen LogP contribution in [0.2, 0.25) is 0 Å². The Bertz CT molecular complexity index is 598. The highest BCUT2D eigenvalue weighted by Gasteiger charge is 2.10. The van der Waals surface area contributed by atoms with Crippen LogP contribution in [-0.4, -0.2) is 38.1 Å². The molecule has 0 spiro atoms. The number of hydrogen-bond acceptors (Lipinski definition) is 3. The number of likely N-dealkylation sites (N-methyl/N-ethyl adjacent to an activating group) is 1. The van der Waals surface area contributed by atoms with Crippen molar-refractivity contribution >= 4 is 5.91 Å². The molecule has 0 fully saturated rings. The van der Waals surface area contributed by atoms with Crippen molar-refractivity contribution in [3.63, 3.8) is 0 Å². The monoisotopic (exact) mass is 299 g/mol. The maximum atomic E-state index is 12.2. The van der Waals surface area contributed by atoms with Gasteiger partial charge < -0.3 is 14.4 Å². The van der Waals surface area contributed by atoms with Crippen molar-refractivity contribution in [1.82, 2.24) is 4.90 Å². The first kappa shape index (κ1) is 15.9. The third kappa shape index (κ3) is 4.81. The van der Waals surface area contributed by atoms with Crippen molar-refractivity contribution in [3.05, 3.63) is 60.2 Å². The summed E-state index contributed by atoms with van der Waals surface area (Å²) in [5.74, 6) is 1.64. The van der Waals surface area contributed by atoms with Gasteiger partial charge in [0.2, 0.25) is 5.91 Å². The topological polar surface area (TPSA) is 38.8 Å². The Morgan fingerprint density at radius 2 is 1.77 bits per heavy atom. The van der Waals surface area contributed by atoms with E-state index in [1.165, 1.54) is 0 Å². The van der Waals surface area contributed by atoms with Gasteiger partial charge in [0.05, 0.1) is 20.1 Å². The molecule has 2 rings (SSSR count). The fourth-order valence-electron chi connectivity index (χ4n) is 2.03. The van der Waals surface area contributed by atoms with Crippen LogP contribution < -0.4 is 9.47 Å². The van der Waals surface area contributed by atoms with E-state index < -0.39 is 0 Å². The summed E-state index contributed by atoms with van der Waals surface area (Å²) in [5, 5.41) is 0. The fourth-order valence-corrected chi connectivity index (χ4v) is 2.03. The molecule has 0 aromatic heterocycles. The Kier molecular flexibility index (Phi) is 5.83. The minimum Gasteiger partial charge on any atom is -0.497 e. The van der Waals surface area contributed by atoms with Gasteiger partial charge in [-0.15, -0.1) is 0 Å². The first-order valence-corrected chi connectivity index (χ1v) is 7.24. The summed E-state index contributed by atoms with van der Waals surface area (Å²) in [6, 6.07) is 17.2. The second kappa shape index (κ2) is 8.08. The lowest BCUT2D eigenvalue weighted by molar-refractivity contribution is -0.129. The summed E-state index contributed by atoms with van der Waals surface area (Å²) < 4.78 is 10.8. The summed E-state index contributed by atoms with van der Waals surface area (Å²) in [7, 11) is 3.41. The molecule has 0 aliphatic heterocycles. The zero-order valence-corrected chi connectivity index (χ0v) is 13.0. The van der Waals surface area contributed by atoms with Gasteiger partial charge >= 0.3 is 0 Å². The van der Waals surface area contributed by atoms with Gasteiger partial charge in [-0.25, -0.2) is 0 Å². The molecule has 0 N–H and O–H groups in total. The highest BCUT2D eigenvalue weighted by molar-refractivity contribution is 5.78. The molecule has 0 radical (unpaired) electrons. The van der Waals surface area contributed by atoms with Crippen molar-refractivity contribution in [2.75, 3.05) is 27.3 Å². The van der Waals surface area contributed by atoms with Crippen LogP contribution in [-0.2, 0) is 11.2 Å². The van der Waals surface area contributed by atoms with Crippen LogP contribution in [0, 0.1) is 0 Å². The van der Waals surface area contributed by atoms with Crippen LogP contribution in [0.15, 0.2) is 54.6 Å². The van der Waals surface area contributed by atoms with Gasteiger partial charge in [0, 0.05) is 7.05 Å². The van der Waals surface area contributed by atoms with E-state index in [9.17, 15) is 4.79 Å². The number of amides is 1. The Morgan fingerprint density at radius 3 is 2.50 bits per heavy atom. The normalized spacial score (nSPS) is 10.1. The number of ether oxygens (including phenoxy) is 2. The number of carbonyl (C=O) groups excluding carboxylic acids is 1. The minimum absolute atomic E-state index is 0.0601. The largest absolute Gasteiger partial charge is 0.497 e. The third-order valence-corrected chi connectivity index (χ3v) is 3.35. The van der Waals surface area contributed by atoms with E-state index in [4.69, 9.17) is 9.47 Å². The van der Waals surface area contributed by atoms with Crippen LogP contribution >= 0.6 is 0 Å². The molecule has 0 saturated heterocycles. The van der Waals surface area contributed by atoms with Gasteiger partial charge in [0.15, 0.2) is 0 Å². The molecule has 0 heterocycles. The predicted molar refractivity (Wildman–Crippen MR) is 86.3 cm³/mol. The summed E-state index contributed by atoms with van der Waals surface area (Å²) in [5.41, 5.74) is 0.945. The minimum atomic E-state index is 0.0601. The van der Waals surface area contributed by atoms with E-state index in [1.807, 2.05) is 54.6 Å². The second-order valence-electron chi connectivity index (χ2n) is 5.01. The average molecular weight is 299 g/mol. The molecular weight excluding hydrogens is 278 g/mol. The number of nitrogens with zero attached hydrogens (tertiary/aromatic N) is 1. The Morgan fingerprint density at radius 1 is 1.05 bits per heavy atom. The number of carbonyl (C=O) groups is 1. The Hall–Kier alpha value is -2.49. The van der Waals surface area contributed by atoms with Crippen LogP contribution in [0.3, 0.4) is 0 Å². The van der Waals surface area contributed by atoms with Crippen molar-refractivity contribution in [1.29, 1.82) is 0 Å². The molecule has 0 saturated carbocycles. The second-order valence-corrected chi connectivity index (χ2v) is 5.01. The number of benzene rings is 2. The lowest BCUT2D eigenvalue weighted by Gasteiger charge is -2.17. The Balaban J connectivity index is 1.79. The van der Waals surface area contributed by atoms with Crippen LogP contribution in [0.4, 0.5) is 0 Å². The molecule has 2 aromatic carbocycles. The van der Waals surface area contributed by atoms with Crippen LogP contribution in [0.1, 0.15) is 5.56 Å². The summed E-state index contributed by atoms with van der Waals surface area (Å²) >= 11 is 0. The summed E-state index contributed by atoms with van der Waals surface area (Å²) in [6.45, 7) is 1.03. The first-order chi connectivity index (χ1) is 10.7. The van der Waals surface area contributed by atoms with Gasteiger partial charge in [-0.2, -0.15) is 0 Å². The number of methoxy groups -OCH3 is 1. The molecule has 0 unspecified atom stereocenters. The average Bonchev–Trinajstić information content (AvgIpc) is 2.56. The highest BCUT2D eigenvalue weighted by atomic mass is 16.5. The lowest BCUT2D eigenvalue weighted by atomic mass is 10.1. The van der Waals surface area contributed by atoms with E-state index >= 15 is 0 Å². The standard InChI is InChI=1S/C18H21NO3/c1-19(11-12-22-16-8-4-3-5-9-16)18(20)14-15-7-6-10-17(13-15)21-2/h3-10,13H,11-12,14H2,1-2H3. The first-order valence-electron chi connectivity index (χ1n) is 7.24. The number of rotatable bonds is 7. The van der Waals surface area contributed by atoms with E-state index in [-0.39, 0.29) is 5.91 Å². The van der Waals surface area contributed by atoms with Crippen molar-refractivity contribution in [2.24, 2.45) is 0 Å². The predicted octanol–water partition coefficient (Wildman–Crippen LogP) is 2.78. The highest BCUT2D eigenvalue weighted by Crippen LogP contribution is 2.13. The smallest absolute Gasteiger partial charge is 0.226 e. The molecule has 0 aliphatic carbocycles. The molecule has 0 aliphatic rings. The number of hydrogen-bond donors (Lipinski definition) is 0. The molecule has 2 aromatic rings. The Labute approximate surface area is 131 Å². The van der Waals surface area contributed by atoms with Crippen molar-refractivity contribution < 1.29 is 14.3 Å². The fraction of sp³-hybridized carbons (Fsp3) is 0.278. The molecule has 116 valence electrons. The van der Waals surface area contributed by atoms with E-state index in [0.29, 0.717) is 19.6 Å². The maximum absolute atomic E-state index is 12.2. The SMILES string of the molecule is COc1cccc(CC(=O)N(C)CCOc2ccccc2)c1. The molecule has 1 amide bonds.